The number of hydrogen-bond donors (Lipinski definition) is 2. The third-order valence-corrected chi connectivity index (χ3v) is 2.25. The second-order valence-electron chi connectivity index (χ2n) is 2.88. The summed E-state index contributed by atoms with van der Waals surface area (Å²) in [7, 11) is 0. The van der Waals surface area contributed by atoms with Gasteiger partial charge in [0, 0.05) is 6.61 Å². The van der Waals surface area contributed by atoms with Crippen molar-refractivity contribution in [2.45, 2.75) is 12.8 Å². The number of rotatable bonds is 2. The number of aliphatic hydroxyl groups excluding tert-OH is 1. The van der Waals surface area contributed by atoms with Gasteiger partial charge in [-0.05, 0) is 31.2 Å². The standard InChI is InChI=1S/C8H15NO/c9-5-7-3-1-2-4-8(7)6-10/h1-2,7-8,10H,3-6,9H2/t7-,8+/m1/s1. The molecule has 0 bridgehead atoms. The average Bonchev–Trinajstić information content (AvgIpc) is 2.04. The molecule has 58 valence electrons. The summed E-state index contributed by atoms with van der Waals surface area (Å²) in [5, 5.41) is 8.90. The molecule has 0 saturated heterocycles. The lowest BCUT2D eigenvalue weighted by atomic mass is 9.84. The molecular formula is C8H15NO. The highest BCUT2D eigenvalue weighted by Gasteiger charge is 2.19. The molecule has 0 amide bonds. The van der Waals surface area contributed by atoms with Gasteiger partial charge in [-0.2, -0.15) is 0 Å². The Morgan fingerprint density at radius 3 is 2.30 bits per heavy atom. The molecular weight excluding hydrogens is 126 g/mol. The Hall–Kier alpha value is -0.340. The lowest BCUT2D eigenvalue weighted by Crippen LogP contribution is -2.27. The number of allylic oxidation sites excluding steroid dienone is 2. The molecule has 0 aliphatic heterocycles. The summed E-state index contributed by atoms with van der Waals surface area (Å²) in [6.07, 6.45) is 6.33. The van der Waals surface area contributed by atoms with Crippen LogP contribution in [0.2, 0.25) is 0 Å². The van der Waals surface area contributed by atoms with Gasteiger partial charge in [0.25, 0.3) is 0 Å². The van der Waals surface area contributed by atoms with Crippen molar-refractivity contribution in [1.29, 1.82) is 0 Å². The molecule has 10 heavy (non-hydrogen) atoms. The maximum atomic E-state index is 8.90. The van der Waals surface area contributed by atoms with E-state index >= 15 is 0 Å². The van der Waals surface area contributed by atoms with E-state index in [9.17, 15) is 0 Å². The van der Waals surface area contributed by atoms with Crippen LogP contribution in [0.3, 0.4) is 0 Å². The quantitative estimate of drug-likeness (QED) is 0.551. The van der Waals surface area contributed by atoms with E-state index in [1.165, 1.54) is 0 Å². The van der Waals surface area contributed by atoms with Crippen LogP contribution in [0.25, 0.3) is 0 Å². The van der Waals surface area contributed by atoms with Crippen molar-refractivity contribution < 1.29 is 5.11 Å². The summed E-state index contributed by atoms with van der Waals surface area (Å²) >= 11 is 0. The van der Waals surface area contributed by atoms with Crippen molar-refractivity contribution in [2.24, 2.45) is 17.6 Å². The molecule has 0 radical (unpaired) electrons. The fraction of sp³-hybridized carbons (Fsp3) is 0.750. The minimum Gasteiger partial charge on any atom is -0.396 e. The monoisotopic (exact) mass is 141 g/mol. The first kappa shape index (κ1) is 7.76. The highest BCUT2D eigenvalue weighted by molar-refractivity contribution is 4.94. The smallest absolute Gasteiger partial charge is 0.0465 e. The summed E-state index contributed by atoms with van der Waals surface area (Å²) in [5.74, 6) is 0.921. The van der Waals surface area contributed by atoms with Gasteiger partial charge in [0.15, 0.2) is 0 Å². The van der Waals surface area contributed by atoms with Crippen LogP contribution in [-0.2, 0) is 0 Å². The van der Waals surface area contributed by atoms with Gasteiger partial charge in [0.1, 0.15) is 0 Å². The van der Waals surface area contributed by atoms with Crippen molar-refractivity contribution in [2.75, 3.05) is 13.2 Å². The highest BCUT2D eigenvalue weighted by Crippen LogP contribution is 2.23. The summed E-state index contributed by atoms with van der Waals surface area (Å²) in [6.45, 7) is 0.988. The lowest BCUT2D eigenvalue weighted by Gasteiger charge is -2.25. The molecule has 0 spiro atoms. The highest BCUT2D eigenvalue weighted by atomic mass is 16.3. The fourth-order valence-corrected chi connectivity index (χ4v) is 1.44. The zero-order valence-corrected chi connectivity index (χ0v) is 6.16. The first-order valence-corrected chi connectivity index (χ1v) is 3.84. The number of aliphatic hydroxyl groups is 1. The van der Waals surface area contributed by atoms with Gasteiger partial charge in [0.05, 0.1) is 0 Å². The van der Waals surface area contributed by atoms with E-state index in [1.54, 1.807) is 0 Å². The Morgan fingerprint density at radius 2 is 1.90 bits per heavy atom. The van der Waals surface area contributed by atoms with Crippen LogP contribution in [0.1, 0.15) is 12.8 Å². The molecule has 0 fully saturated rings. The van der Waals surface area contributed by atoms with Gasteiger partial charge in [-0.3, -0.25) is 0 Å². The number of nitrogens with two attached hydrogens (primary N) is 1. The van der Waals surface area contributed by atoms with Gasteiger partial charge in [-0.1, -0.05) is 12.2 Å². The second kappa shape index (κ2) is 3.74. The van der Waals surface area contributed by atoms with E-state index in [4.69, 9.17) is 10.8 Å². The van der Waals surface area contributed by atoms with E-state index < -0.39 is 0 Å². The second-order valence-corrected chi connectivity index (χ2v) is 2.88. The summed E-state index contributed by atoms with van der Waals surface area (Å²) in [4.78, 5) is 0. The SMILES string of the molecule is NC[C@H]1CC=CC[C@H]1CO. The normalized spacial score (nSPS) is 32.6. The van der Waals surface area contributed by atoms with E-state index in [2.05, 4.69) is 12.2 Å². The predicted molar refractivity (Wildman–Crippen MR) is 41.5 cm³/mol. The first-order chi connectivity index (χ1) is 4.88. The molecule has 2 atom stereocenters. The van der Waals surface area contributed by atoms with Crippen molar-refractivity contribution >= 4 is 0 Å². The minimum atomic E-state index is 0.284. The Morgan fingerprint density at radius 1 is 1.30 bits per heavy atom. The molecule has 2 nitrogen and oxygen atoms in total. The van der Waals surface area contributed by atoms with Gasteiger partial charge in [-0.15, -0.1) is 0 Å². The molecule has 0 aromatic heterocycles. The average molecular weight is 141 g/mol. The van der Waals surface area contributed by atoms with E-state index in [1.807, 2.05) is 0 Å². The van der Waals surface area contributed by atoms with Crippen molar-refractivity contribution in [1.82, 2.24) is 0 Å². The Labute approximate surface area is 61.7 Å². The maximum Gasteiger partial charge on any atom is 0.0465 e. The van der Waals surface area contributed by atoms with Crippen LogP contribution in [0, 0.1) is 11.8 Å². The first-order valence-electron chi connectivity index (χ1n) is 3.84. The zero-order valence-electron chi connectivity index (χ0n) is 6.16. The summed E-state index contributed by atoms with van der Waals surface area (Å²) in [5.41, 5.74) is 5.52. The molecule has 0 saturated carbocycles. The summed E-state index contributed by atoms with van der Waals surface area (Å²) < 4.78 is 0. The fourth-order valence-electron chi connectivity index (χ4n) is 1.44. The molecule has 0 aromatic rings. The van der Waals surface area contributed by atoms with Crippen LogP contribution in [0.4, 0.5) is 0 Å². The molecule has 0 unspecified atom stereocenters. The Kier molecular flexibility index (Phi) is 2.90. The van der Waals surface area contributed by atoms with Crippen LogP contribution in [-0.4, -0.2) is 18.3 Å². The summed E-state index contributed by atoms with van der Waals surface area (Å²) in [6, 6.07) is 0. The third kappa shape index (κ3) is 1.58. The Balaban J connectivity index is 2.45. The third-order valence-electron chi connectivity index (χ3n) is 2.25. The van der Waals surface area contributed by atoms with Crippen LogP contribution in [0.15, 0.2) is 12.2 Å². The van der Waals surface area contributed by atoms with Crippen molar-refractivity contribution in [3.8, 4) is 0 Å². The van der Waals surface area contributed by atoms with Crippen molar-refractivity contribution in [3.05, 3.63) is 12.2 Å². The maximum absolute atomic E-state index is 8.90. The van der Waals surface area contributed by atoms with Gasteiger partial charge in [0.2, 0.25) is 0 Å². The molecule has 2 heteroatoms. The zero-order chi connectivity index (χ0) is 7.40. The molecule has 1 rings (SSSR count). The molecule has 0 aromatic carbocycles. The minimum absolute atomic E-state index is 0.284. The van der Waals surface area contributed by atoms with Gasteiger partial charge in [-0.25, -0.2) is 0 Å². The molecule has 1 aliphatic carbocycles. The topological polar surface area (TPSA) is 46.2 Å². The van der Waals surface area contributed by atoms with Crippen LogP contribution >= 0.6 is 0 Å². The van der Waals surface area contributed by atoms with E-state index in [0.29, 0.717) is 18.4 Å². The van der Waals surface area contributed by atoms with Crippen molar-refractivity contribution in [3.63, 3.8) is 0 Å². The number of hydrogen-bond acceptors (Lipinski definition) is 2. The predicted octanol–water partition coefficient (Wildman–Crippen LogP) is 0.520. The van der Waals surface area contributed by atoms with E-state index in [-0.39, 0.29) is 6.61 Å². The van der Waals surface area contributed by atoms with Gasteiger partial charge >= 0.3 is 0 Å². The molecule has 0 heterocycles. The largest absolute Gasteiger partial charge is 0.396 e. The van der Waals surface area contributed by atoms with Gasteiger partial charge < -0.3 is 10.8 Å². The van der Waals surface area contributed by atoms with Crippen LogP contribution < -0.4 is 5.73 Å². The van der Waals surface area contributed by atoms with Crippen LogP contribution in [0.5, 0.6) is 0 Å². The molecule has 3 N–H and O–H groups in total. The lowest BCUT2D eigenvalue weighted by molar-refractivity contribution is 0.174. The Bertz CT molecular complexity index is 108. The van der Waals surface area contributed by atoms with E-state index in [0.717, 1.165) is 12.8 Å². The molecule has 1 aliphatic rings.